The van der Waals surface area contributed by atoms with E-state index in [9.17, 15) is 18.0 Å². The lowest BCUT2D eigenvalue weighted by atomic mass is 9.98. The fourth-order valence-corrected chi connectivity index (χ4v) is 4.50. The maximum absolute atomic E-state index is 12.7. The monoisotopic (exact) mass is 431 g/mol. The molecule has 166 valence electrons. The Morgan fingerprint density at radius 1 is 0.935 bits per heavy atom. The minimum Gasteiger partial charge on any atom is -0.368 e. The summed E-state index contributed by atoms with van der Waals surface area (Å²) in [6, 6.07) is 13.2. The van der Waals surface area contributed by atoms with Gasteiger partial charge >= 0.3 is 6.18 Å². The zero-order valence-electron chi connectivity index (χ0n) is 17.7. The van der Waals surface area contributed by atoms with Gasteiger partial charge in [-0.1, -0.05) is 19.1 Å². The first kappa shape index (κ1) is 21.7. The van der Waals surface area contributed by atoms with E-state index >= 15 is 0 Å². The SMILES string of the molecule is CCN1CCC(c2ccc(N3CCN(C(=O)c4ccc(C(F)(F)F)cc4)CC3)cc2)C1. The molecular weight excluding hydrogens is 403 g/mol. The summed E-state index contributed by atoms with van der Waals surface area (Å²) in [5.74, 6) is 0.387. The normalized spacial score (nSPS) is 20.3. The maximum atomic E-state index is 12.7. The molecule has 2 aliphatic rings. The number of likely N-dealkylation sites (N-methyl/N-ethyl adjacent to an activating group) is 1. The highest BCUT2D eigenvalue weighted by atomic mass is 19.4. The molecule has 0 radical (unpaired) electrons. The average Bonchev–Trinajstić information content (AvgIpc) is 3.28. The minimum atomic E-state index is -4.39. The van der Waals surface area contributed by atoms with Crippen LogP contribution in [0.15, 0.2) is 48.5 Å². The van der Waals surface area contributed by atoms with Crippen LogP contribution in [0, 0.1) is 0 Å². The fourth-order valence-electron chi connectivity index (χ4n) is 4.50. The highest BCUT2D eigenvalue weighted by molar-refractivity contribution is 5.94. The number of hydrogen-bond donors (Lipinski definition) is 0. The van der Waals surface area contributed by atoms with E-state index in [0.717, 1.165) is 37.5 Å². The minimum absolute atomic E-state index is 0.217. The van der Waals surface area contributed by atoms with Gasteiger partial charge < -0.3 is 14.7 Å². The van der Waals surface area contributed by atoms with Crippen LogP contribution in [-0.4, -0.2) is 61.5 Å². The Balaban J connectivity index is 1.32. The quantitative estimate of drug-likeness (QED) is 0.714. The summed E-state index contributed by atoms with van der Waals surface area (Å²) >= 11 is 0. The van der Waals surface area contributed by atoms with Gasteiger partial charge in [-0.15, -0.1) is 0 Å². The predicted molar refractivity (Wildman–Crippen MR) is 115 cm³/mol. The lowest BCUT2D eigenvalue weighted by Crippen LogP contribution is -2.48. The number of amides is 1. The van der Waals surface area contributed by atoms with Gasteiger partial charge in [0.05, 0.1) is 5.56 Å². The first-order valence-corrected chi connectivity index (χ1v) is 10.9. The first-order chi connectivity index (χ1) is 14.8. The van der Waals surface area contributed by atoms with Crippen molar-refractivity contribution < 1.29 is 18.0 Å². The molecule has 2 heterocycles. The number of alkyl halides is 3. The number of anilines is 1. The molecule has 0 saturated carbocycles. The van der Waals surface area contributed by atoms with E-state index in [1.54, 1.807) is 4.90 Å². The van der Waals surface area contributed by atoms with Crippen LogP contribution >= 0.6 is 0 Å². The number of likely N-dealkylation sites (tertiary alicyclic amines) is 1. The van der Waals surface area contributed by atoms with Crippen molar-refractivity contribution in [2.24, 2.45) is 0 Å². The van der Waals surface area contributed by atoms with Crippen LogP contribution in [0.5, 0.6) is 0 Å². The average molecular weight is 432 g/mol. The van der Waals surface area contributed by atoms with Gasteiger partial charge in [0.2, 0.25) is 0 Å². The summed E-state index contributed by atoms with van der Waals surface area (Å²) in [5, 5.41) is 0. The first-order valence-electron chi connectivity index (χ1n) is 10.9. The molecule has 4 nitrogen and oxygen atoms in total. The molecule has 31 heavy (non-hydrogen) atoms. The molecule has 1 atom stereocenters. The predicted octanol–water partition coefficient (Wildman–Crippen LogP) is 4.48. The largest absolute Gasteiger partial charge is 0.416 e. The molecule has 0 aliphatic carbocycles. The third kappa shape index (κ3) is 4.87. The zero-order chi connectivity index (χ0) is 22.0. The Kier molecular flexibility index (Phi) is 6.23. The maximum Gasteiger partial charge on any atom is 0.416 e. The molecule has 1 unspecified atom stereocenters. The molecule has 4 rings (SSSR count). The molecule has 2 aliphatic heterocycles. The van der Waals surface area contributed by atoms with E-state index in [2.05, 4.69) is 41.0 Å². The molecule has 0 bridgehead atoms. The van der Waals surface area contributed by atoms with Crippen LogP contribution in [0.2, 0.25) is 0 Å². The molecule has 2 fully saturated rings. The smallest absolute Gasteiger partial charge is 0.368 e. The van der Waals surface area contributed by atoms with Crippen molar-refractivity contribution in [3.63, 3.8) is 0 Å². The number of benzene rings is 2. The van der Waals surface area contributed by atoms with Gasteiger partial charge in [0, 0.05) is 44.0 Å². The second kappa shape index (κ2) is 8.91. The van der Waals surface area contributed by atoms with E-state index < -0.39 is 11.7 Å². The Hall–Kier alpha value is -2.54. The molecule has 2 aromatic carbocycles. The third-order valence-electron chi connectivity index (χ3n) is 6.48. The van der Waals surface area contributed by atoms with Crippen molar-refractivity contribution in [1.82, 2.24) is 9.80 Å². The van der Waals surface area contributed by atoms with E-state index in [1.165, 1.54) is 24.1 Å². The highest BCUT2D eigenvalue weighted by Crippen LogP contribution is 2.30. The number of rotatable bonds is 4. The molecular formula is C24H28F3N3O. The van der Waals surface area contributed by atoms with E-state index in [1.807, 2.05) is 0 Å². The fraction of sp³-hybridized carbons (Fsp3) is 0.458. The lowest BCUT2D eigenvalue weighted by Gasteiger charge is -2.36. The number of carbonyl (C=O) groups excluding carboxylic acids is 1. The Morgan fingerprint density at radius 3 is 2.13 bits per heavy atom. The van der Waals surface area contributed by atoms with Crippen molar-refractivity contribution in [3.8, 4) is 0 Å². The van der Waals surface area contributed by atoms with Crippen LogP contribution < -0.4 is 4.90 Å². The second-order valence-corrected chi connectivity index (χ2v) is 8.32. The lowest BCUT2D eigenvalue weighted by molar-refractivity contribution is -0.137. The molecule has 0 spiro atoms. The van der Waals surface area contributed by atoms with Crippen molar-refractivity contribution >= 4 is 11.6 Å². The summed E-state index contributed by atoms with van der Waals surface area (Å²) in [4.78, 5) is 19.1. The highest BCUT2D eigenvalue weighted by Gasteiger charge is 2.31. The summed E-state index contributed by atoms with van der Waals surface area (Å²) < 4.78 is 38.2. The molecule has 7 heteroatoms. The Morgan fingerprint density at radius 2 is 1.58 bits per heavy atom. The molecule has 0 N–H and O–H groups in total. The van der Waals surface area contributed by atoms with Gasteiger partial charge in [-0.3, -0.25) is 4.79 Å². The van der Waals surface area contributed by atoms with Crippen LogP contribution in [0.25, 0.3) is 0 Å². The number of piperazine rings is 1. The standard InChI is InChI=1S/C24H28F3N3O/c1-2-28-12-11-20(17-28)18-5-9-22(10-6-18)29-13-15-30(16-14-29)23(31)19-3-7-21(8-4-19)24(25,26)27/h3-10,20H,2,11-17H2,1H3. The summed E-state index contributed by atoms with van der Waals surface area (Å²) in [7, 11) is 0. The summed E-state index contributed by atoms with van der Waals surface area (Å²) in [6.45, 7) is 8.11. The van der Waals surface area contributed by atoms with Gasteiger partial charge in [0.25, 0.3) is 5.91 Å². The van der Waals surface area contributed by atoms with Crippen LogP contribution in [0.4, 0.5) is 18.9 Å². The molecule has 2 aromatic rings. The van der Waals surface area contributed by atoms with Gasteiger partial charge in [0.1, 0.15) is 0 Å². The molecule has 1 amide bonds. The molecule has 2 saturated heterocycles. The Bertz CT molecular complexity index is 888. The van der Waals surface area contributed by atoms with Crippen LogP contribution in [0.1, 0.15) is 40.7 Å². The van der Waals surface area contributed by atoms with Crippen LogP contribution in [-0.2, 0) is 6.18 Å². The topological polar surface area (TPSA) is 26.8 Å². The van der Waals surface area contributed by atoms with Crippen LogP contribution in [0.3, 0.4) is 0 Å². The Labute approximate surface area is 181 Å². The van der Waals surface area contributed by atoms with Crippen molar-refractivity contribution in [1.29, 1.82) is 0 Å². The van der Waals surface area contributed by atoms with Crippen molar-refractivity contribution in [3.05, 3.63) is 65.2 Å². The third-order valence-corrected chi connectivity index (χ3v) is 6.48. The van der Waals surface area contributed by atoms with E-state index in [-0.39, 0.29) is 5.91 Å². The van der Waals surface area contributed by atoms with E-state index in [0.29, 0.717) is 37.7 Å². The van der Waals surface area contributed by atoms with Gasteiger partial charge in [-0.05, 0) is 67.4 Å². The second-order valence-electron chi connectivity index (χ2n) is 8.32. The zero-order valence-corrected chi connectivity index (χ0v) is 17.7. The summed E-state index contributed by atoms with van der Waals surface area (Å²) in [5.41, 5.74) is 2.09. The van der Waals surface area contributed by atoms with Gasteiger partial charge in [-0.25, -0.2) is 0 Å². The molecule has 0 aromatic heterocycles. The van der Waals surface area contributed by atoms with Crippen molar-refractivity contribution in [2.75, 3.05) is 50.7 Å². The number of carbonyl (C=O) groups is 1. The summed E-state index contributed by atoms with van der Waals surface area (Å²) in [6.07, 6.45) is -3.19. The number of nitrogens with zero attached hydrogens (tertiary/aromatic N) is 3. The van der Waals surface area contributed by atoms with Crippen molar-refractivity contribution in [2.45, 2.75) is 25.4 Å². The number of halogens is 3. The van der Waals surface area contributed by atoms with Gasteiger partial charge in [-0.2, -0.15) is 13.2 Å². The van der Waals surface area contributed by atoms with E-state index in [4.69, 9.17) is 0 Å². The number of hydrogen-bond acceptors (Lipinski definition) is 3. The van der Waals surface area contributed by atoms with Gasteiger partial charge in [0.15, 0.2) is 0 Å².